The van der Waals surface area contributed by atoms with Crippen LogP contribution in [-0.4, -0.2) is 62.5 Å². The molecule has 2 heterocycles. The van der Waals surface area contributed by atoms with E-state index in [-0.39, 0.29) is 47.4 Å². The molecule has 1 saturated carbocycles. The molecule has 0 N–H and O–H groups in total. The summed E-state index contributed by atoms with van der Waals surface area (Å²) in [5.41, 5.74) is 1.51. The van der Waals surface area contributed by atoms with E-state index < -0.39 is 10.0 Å². The number of amides is 3. The van der Waals surface area contributed by atoms with Gasteiger partial charge < -0.3 is 4.90 Å². The topological polar surface area (TPSA) is 95.1 Å². The van der Waals surface area contributed by atoms with Crippen LogP contribution in [0.3, 0.4) is 0 Å². The van der Waals surface area contributed by atoms with Crippen molar-refractivity contribution in [3.05, 3.63) is 23.8 Å². The summed E-state index contributed by atoms with van der Waals surface area (Å²) in [5.74, 6) is -0.819. The Morgan fingerprint density at radius 3 is 2.33 bits per heavy atom. The minimum absolute atomic E-state index is 0.0775. The molecule has 0 aromatic heterocycles. The van der Waals surface area contributed by atoms with Crippen LogP contribution in [0.2, 0.25) is 0 Å². The fourth-order valence-corrected chi connectivity index (χ4v) is 5.76. The molecule has 1 saturated heterocycles. The van der Waals surface area contributed by atoms with Crippen molar-refractivity contribution < 1.29 is 22.8 Å². The first-order valence-corrected chi connectivity index (χ1v) is 11.9. The number of fused-ring (bicyclic) bond motifs is 2. The van der Waals surface area contributed by atoms with E-state index in [1.165, 1.54) is 25.1 Å². The highest BCUT2D eigenvalue weighted by atomic mass is 32.2. The monoisotopic (exact) mass is 433 g/mol. The van der Waals surface area contributed by atoms with Crippen LogP contribution in [0.15, 0.2) is 23.1 Å². The molecular formula is C21H27N3O5S. The number of anilines is 1. The Hall–Kier alpha value is -2.26. The number of carbonyl (C=O) groups excluding carboxylic acids is 3. The summed E-state index contributed by atoms with van der Waals surface area (Å²) in [6, 6.07) is 4.80. The van der Waals surface area contributed by atoms with Crippen LogP contribution in [0, 0.1) is 11.8 Å². The Kier molecular flexibility index (Phi) is 5.44. The van der Waals surface area contributed by atoms with Crippen LogP contribution in [0.5, 0.6) is 0 Å². The molecule has 30 heavy (non-hydrogen) atoms. The van der Waals surface area contributed by atoms with Gasteiger partial charge in [0, 0.05) is 39.3 Å². The maximum atomic E-state index is 12.8. The summed E-state index contributed by atoms with van der Waals surface area (Å²) in [6.45, 7) is 0.579. The van der Waals surface area contributed by atoms with Gasteiger partial charge in [0.2, 0.25) is 27.7 Å². The van der Waals surface area contributed by atoms with E-state index in [1.807, 2.05) is 0 Å². The fourth-order valence-electron chi connectivity index (χ4n) is 4.80. The maximum absolute atomic E-state index is 12.8. The Balaban J connectivity index is 1.44. The summed E-state index contributed by atoms with van der Waals surface area (Å²) < 4.78 is 25.8. The third-order valence-corrected chi connectivity index (χ3v) is 8.32. The zero-order valence-electron chi connectivity index (χ0n) is 17.3. The Bertz CT molecular complexity index is 980. The van der Waals surface area contributed by atoms with E-state index in [0.29, 0.717) is 18.7 Å². The average Bonchev–Trinajstić information content (AvgIpc) is 3.26. The van der Waals surface area contributed by atoms with E-state index in [4.69, 9.17) is 0 Å². The van der Waals surface area contributed by atoms with E-state index in [9.17, 15) is 22.8 Å². The average molecular weight is 434 g/mol. The molecule has 2 atom stereocenters. The summed E-state index contributed by atoms with van der Waals surface area (Å²) in [4.78, 5) is 41.1. The number of imide groups is 1. The lowest BCUT2D eigenvalue weighted by atomic mass is 9.81. The van der Waals surface area contributed by atoms with E-state index >= 15 is 0 Å². The van der Waals surface area contributed by atoms with E-state index in [2.05, 4.69) is 0 Å². The fraction of sp³-hybridized carbons (Fsp3) is 0.571. The second-order valence-electron chi connectivity index (χ2n) is 8.45. The molecule has 3 aliphatic rings. The van der Waals surface area contributed by atoms with Crippen LogP contribution in [0.25, 0.3) is 0 Å². The summed E-state index contributed by atoms with van der Waals surface area (Å²) in [5, 5.41) is 0. The Labute approximate surface area is 176 Å². The molecule has 1 aromatic rings. The number of sulfonamides is 1. The quantitative estimate of drug-likeness (QED) is 0.654. The third-order valence-electron chi connectivity index (χ3n) is 6.51. The summed E-state index contributed by atoms with van der Waals surface area (Å²) >= 11 is 0. The molecule has 162 valence electrons. The molecule has 2 fully saturated rings. The standard InChI is InChI=1S/C21H27N3O5S/c1-22(2)30(28,29)15-7-8-18-14(13-15)9-11-23(18)19(25)10-12-24-20(26)16-5-3-4-6-17(16)21(24)27/h7-8,13,16-17H,3-6,9-12H2,1-2H3. The highest BCUT2D eigenvalue weighted by molar-refractivity contribution is 7.89. The van der Waals surface area contributed by atoms with Gasteiger partial charge in [0.25, 0.3) is 0 Å². The number of rotatable bonds is 5. The molecule has 9 heteroatoms. The molecule has 0 bridgehead atoms. The van der Waals surface area contributed by atoms with Gasteiger partial charge in [0.05, 0.1) is 16.7 Å². The van der Waals surface area contributed by atoms with Gasteiger partial charge in [-0.25, -0.2) is 12.7 Å². The largest absolute Gasteiger partial charge is 0.312 e. The number of likely N-dealkylation sites (tertiary alicyclic amines) is 1. The number of carbonyl (C=O) groups is 3. The lowest BCUT2D eigenvalue weighted by molar-refractivity contribution is -0.140. The summed E-state index contributed by atoms with van der Waals surface area (Å²) in [6.07, 6.45) is 4.12. The van der Waals surface area contributed by atoms with Gasteiger partial charge in [-0.15, -0.1) is 0 Å². The first-order chi connectivity index (χ1) is 14.2. The van der Waals surface area contributed by atoms with Crippen molar-refractivity contribution in [2.45, 2.75) is 43.4 Å². The number of nitrogens with zero attached hydrogens (tertiary/aromatic N) is 3. The molecule has 4 rings (SSSR count). The highest BCUT2D eigenvalue weighted by Crippen LogP contribution is 2.38. The van der Waals surface area contributed by atoms with Crippen LogP contribution in [0.4, 0.5) is 5.69 Å². The molecule has 0 spiro atoms. The highest BCUT2D eigenvalue weighted by Gasteiger charge is 2.48. The van der Waals surface area contributed by atoms with Gasteiger partial charge in [0.15, 0.2) is 0 Å². The smallest absolute Gasteiger partial charge is 0.242 e. The lowest BCUT2D eigenvalue weighted by Crippen LogP contribution is -2.36. The zero-order chi connectivity index (χ0) is 21.6. The van der Waals surface area contributed by atoms with Gasteiger partial charge in [-0.1, -0.05) is 12.8 Å². The van der Waals surface area contributed by atoms with E-state index in [0.717, 1.165) is 35.6 Å². The molecule has 1 aliphatic carbocycles. The molecule has 1 aromatic carbocycles. The van der Waals surface area contributed by atoms with Crippen LogP contribution < -0.4 is 4.90 Å². The molecule has 2 unspecified atom stereocenters. The maximum Gasteiger partial charge on any atom is 0.242 e. The molecular weight excluding hydrogens is 406 g/mol. The minimum Gasteiger partial charge on any atom is -0.312 e. The predicted octanol–water partition coefficient (Wildman–Crippen LogP) is 1.39. The van der Waals surface area contributed by atoms with Crippen molar-refractivity contribution in [3.63, 3.8) is 0 Å². The van der Waals surface area contributed by atoms with Gasteiger partial charge >= 0.3 is 0 Å². The van der Waals surface area contributed by atoms with E-state index in [1.54, 1.807) is 17.0 Å². The zero-order valence-corrected chi connectivity index (χ0v) is 18.2. The van der Waals surface area contributed by atoms with Crippen molar-refractivity contribution in [2.24, 2.45) is 11.8 Å². The van der Waals surface area contributed by atoms with Crippen molar-refractivity contribution in [2.75, 3.05) is 32.1 Å². The van der Waals surface area contributed by atoms with Crippen molar-refractivity contribution >= 4 is 33.4 Å². The summed E-state index contributed by atoms with van der Waals surface area (Å²) in [7, 11) is -0.569. The van der Waals surface area contributed by atoms with Crippen molar-refractivity contribution in [1.29, 1.82) is 0 Å². The van der Waals surface area contributed by atoms with Gasteiger partial charge in [-0.2, -0.15) is 0 Å². The second kappa shape index (κ2) is 7.77. The Morgan fingerprint density at radius 2 is 1.73 bits per heavy atom. The van der Waals surface area contributed by atoms with Gasteiger partial charge in [0.1, 0.15) is 0 Å². The number of hydrogen-bond acceptors (Lipinski definition) is 5. The third kappa shape index (κ3) is 3.43. The molecule has 8 nitrogen and oxygen atoms in total. The minimum atomic E-state index is -3.53. The van der Waals surface area contributed by atoms with Crippen LogP contribution in [0.1, 0.15) is 37.7 Å². The Morgan fingerprint density at radius 1 is 1.10 bits per heavy atom. The predicted molar refractivity (Wildman–Crippen MR) is 110 cm³/mol. The second-order valence-corrected chi connectivity index (χ2v) is 10.6. The SMILES string of the molecule is CN(C)S(=O)(=O)c1ccc2c(c1)CCN2C(=O)CCN1C(=O)C2CCCCC2C1=O. The normalized spacial score (nSPS) is 23.8. The lowest BCUT2D eigenvalue weighted by Gasteiger charge is -2.20. The molecule has 2 aliphatic heterocycles. The number of benzene rings is 1. The molecule has 0 radical (unpaired) electrons. The first kappa shape index (κ1) is 21.0. The van der Waals surface area contributed by atoms with Gasteiger partial charge in [-0.3, -0.25) is 19.3 Å². The number of hydrogen-bond donors (Lipinski definition) is 0. The van der Waals surface area contributed by atoms with Crippen LogP contribution >= 0.6 is 0 Å². The molecule has 3 amide bonds. The van der Waals surface area contributed by atoms with Crippen molar-refractivity contribution in [1.82, 2.24) is 9.21 Å². The van der Waals surface area contributed by atoms with Crippen molar-refractivity contribution in [3.8, 4) is 0 Å². The van der Waals surface area contributed by atoms with Crippen LogP contribution in [-0.2, 0) is 30.8 Å². The van der Waals surface area contributed by atoms with Gasteiger partial charge in [-0.05, 0) is 43.0 Å². The first-order valence-electron chi connectivity index (χ1n) is 10.4.